The topological polar surface area (TPSA) is 66.8 Å². The van der Waals surface area contributed by atoms with Crippen molar-refractivity contribution in [2.24, 2.45) is 5.92 Å². The number of carboxylic acids is 1. The lowest BCUT2D eigenvalue weighted by Gasteiger charge is -2.32. The molecule has 1 heterocycles. The molecule has 5 heteroatoms. The minimum Gasteiger partial charge on any atom is -0.483 e. The number of aryl methyl sites for hydroxylation is 1. The number of para-hydroxylation sites is 1. The van der Waals surface area contributed by atoms with E-state index >= 15 is 0 Å². The smallest absolute Gasteiger partial charge is 0.303 e. The second kappa shape index (κ2) is 8.56. The molecule has 5 nitrogen and oxygen atoms in total. The average molecular weight is 319 g/mol. The number of rotatable bonds is 7. The SMILES string of the molecule is CCc1ccccc1OCC(=O)N1CCC[C@H](CCC(=O)O)C1. The van der Waals surface area contributed by atoms with Crippen molar-refractivity contribution in [1.29, 1.82) is 0 Å². The molecule has 0 saturated carbocycles. The van der Waals surface area contributed by atoms with E-state index in [1.807, 2.05) is 29.2 Å². The Bertz CT molecular complexity index is 544. The fourth-order valence-electron chi connectivity index (χ4n) is 3.02. The van der Waals surface area contributed by atoms with E-state index in [4.69, 9.17) is 9.84 Å². The summed E-state index contributed by atoms with van der Waals surface area (Å²) >= 11 is 0. The van der Waals surface area contributed by atoms with E-state index < -0.39 is 5.97 Å². The second-order valence-electron chi connectivity index (χ2n) is 6.03. The van der Waals surface area contributed by atoms with E-state index in [1.165, 1.54) is 0 Å². The molecule has 0 radical (unpaired) electrons. The summed E-state index contributed by atoms with van der Waals surface area (Å²) in [5, 5.41) is 8.78. The summed E-state index contributed by atoms with van der Waals surface area (Å²) in [6.07, 6.45) is 3.61. The van der Waals surface area contributed by atoms with Gasteiger partial charge in [0.25, 0.3) is 5.91 Å². The van der Waals surface area contributed by atoms with Crippen LogP contribution in [0.15, 0.2) is 24.3 Å². The number of aliphatic carboxylic acids is 1. The van der Waals surface area contributed by atoms with Crippen LogP contribution in [0.5, 0.6) is 5.75 Å². The van der Waals surface area contributed by atoms with Gasteiger partial charge in [-0.05, 0) is 43.2 Å². The van der Waals surface area contributed by atoms with Gasteiger partial charge in [-0.1, -0.05) is 25.1 Å². The molecular formula is C18H25NO4. The van der Waals surface area contributed by atoms with Crippen molar-refractivity contribution in [3.05, 3.63) is 29.8 Å². The number of carbonyl (C=O) groups is 2. The molecule has 0 unspecified atom stereocenters. The maximum absolute atomic E-state index is 12.3. The maximum atomic E-state index is 12.3. The monoisotopic (exact) mass is 319 g/mol. The zero-order valence-corrected chi connectivity index (χ0v) is 13.7. The number of amides is 1. The van der Waals surface area contributed by atoms with Gasteiger partial charge >= 0.3 is 5.97 Å². The van der Waals surface area contributed by atoms with E-state index in [2.05, 4.69) is 6.92 Å². The van der Waals surface area contributed by atoms with Crippen molar-refractivity contribution >= 4 is 11.9 Å². The average Bonchev–Trinajstić information content (AvgIpc) is 2.58. The summed E-state index contributed by atoms with van der Waals surface area (Å²) < 4.78 is 5.69. The molecule has 1 aliphatic rings. The summed E-state index contributed by atoms with van der Waals surface area (Å²) in [5.41, 5.74) is 1.10. The highest BCUT2D eigenvalue weighted by Crippen LogP contribution is 2.22. The highest BCUT2D eigenvalue weighted by molar-refractivity contribution is 5.78. The largest absolute Gasteiger partial charge is 0.483 e. The van der Waals surface area contributed by atoms with Crippen LogP contribution in [0.1, 0.15) is 38.2 Å². The van der Waals surface area contributed by atoms with Crippen LogP contribution in [0, 0.1) is 5.92 Å². The third-order valence-electron chi connectivity index (χ3n) is 4.34. The quantitative estimate of drug-likeness (QED) is 0.839. The Hall–Kier alpha value is -2.04. The Kier molecular flexibility index (Phi) is 6.44. The standard InChI is InChI=1S/C18H25NO4/c1-2-15-7-3-4-8-16(15)23-13-17(20)19-11-5-6-14(12-19)9-10-18(21)22/h3-4,7-8,14H,2,5-6,9-13H2,1H3,(H,21,22)/t14-/m1/s1. The molecule has 1 aliphatic heterocycles. The third-order valence-corrected chi connectivity index (χ3v) is 4.34. The third kappa shape index (κ3) is 5.27. The van der Waals surface area contributed by atoms with Gasteiger partial charge in [-0.15, -0.1) is 0 Å². The Balaban J connectivity index is 1.84. The molecule has 0 aromatic heterocycles. The molecule has 1 saturated heterocycles. The molecule has 0 bridgehead atoms. The number of piperidine rings is 1. The molecule has 23 heavy (non-hydrogen) atoms. The normalized spacial score (nSPS) is 17.8. The Morgan fingerprint density at radius 1 is 1.35 bits per heavy atom. The zero-order valence-electron chi connectivity index (χ0n) is 13.7. The van der Waals surface area contributed by atoms with Gasteiger partial charge in [0.05, 0.1) is 0 Å². The molecule has 1 atom stereocenters. The summed E-state index contributed by atoms with van der Waals surface area (Å²) in [4.78, 5) is 24.8. The molecule has 2 rings (SSSR count). The van der Waals surface area contributed by atoms with Crippen molar-refractivity contribution in [3.8, 4) is 5.75 Å². The fraction of sp³-hybridized carbons (Fsp3) is 0.556. The summed E-state index contributed by atoms with van der Waals surface area (Å²) in [6.45, 7) is 3.48. The zero-order chi connectivity index (χ0) is 16.7. The Labute approximate surface area is 137 Å². The van der Waals surface area contributed by atoms with Gasteiger partial charge in [-0.25, -0.2) is 0 Å². The molecule has 1 fully saturated rings. The van der Waals surface area contributed by atoms with Crippen molar-refractivity contribution < 1.29 is 19.4 Å². The van der Waals surface area contributed by atoms with Crippen LogP contribution in [0.25, 0.3) is 0 Å². The number of ether oxygens (including phenoxy) is 1. The molecule has 1 aromatic carbocycles. The van der Waals surface area contributed by atoms with Gasteiger partial charge in [0.1, 0.15) is 5.75 Å². The number of benzene rings is 1. The van der Waals surface area contributed by atoms with Gasteiger partial charge in [0.15, 0.2) is 6.61 Å². The number of hydrogen-bond donors (Lipinski definition) is 1. The van der Waals surface area contributed by atoms with E-state index in [-0.39, 0.29) is 24.9 Å². The number of carbonyl (C=O) groups excluding carboxylic acids is 1. The first kappa shape index (κ1) is 17.3. The Morgan fingerprint density at radius 3 is 2.87 bits per heavy atom. The second-order valence-corrected chi connectivity index (χ2v) is 6.03. The van der Waals surface area contributed by atoms with E-state index in [9.17, 15) is 9.59 Å². The van der Waals surface area contributed by atoms with Crippen LogP contribution < -0.4 is 4.74 Å². The van der Waals surface area contributed by atoms with Gasteiger partial charge in [0, 0.05) is 19.5 Å². The van der Waals surface area contributed by atoms with Crippen molar-refractivity contribution in [2.45, 2.75) is 39.0 Å². The van der Waals surface area contributed by atoms with Crippen LogP contribution in [0.3, 0.4) is 0 Å². The predicted molar refractivity (Wildman–Crippen MR) is 87.5 cm³/mol. The molecule has 1 amide bonds. The minimum atomic E-state index is -0.770. The first-order valence-electron chi connectivity index (χ1n) is 8.30. The lowest BCUT2D eigenvalue weighted by atomic mass is 9.93. The van der Waals surface area contributed by atoms with Gasteiger partial charge in [0.2, 0.25) is 0 Å². The Morgan fingerprint density at radius 2 is 2.13 bits per heavy atom. The molecule has 0 aliphatic carbocycles. The lowest BCUT2D eigenvalue weighted by Crippen LogP contribution is -2.42. The van der Waals surface area contributed by atoms with Crippen LogP contribution in [0.2, 0.25) is 0 Å². The molecule has 126 valence electrons. The van der Waals surface area contributed by atoms with Gasteiger partial charge < -0.3 is 14.7 Å². The molecule has 1 aromatic rings. The number of nitrogens with zero attached hydrogens (tertiary/aromatic N) is 1. The van der Waals surface area contributed by atoms with Gasteiger partial charge in [-0.3, -0.25) is 9.59 Å². The minimum absolute atomic E-state index is 0.0177. The molecular weight excluding hydrogens is 294 g/mol. The first-order valence-corrected chi connectivity index (χ1v) is 8.30. The van der Waals surface area contributed by atoms with Crippen LogP contribution in [-0.4, -0.2) is 41.6 Å². The van der Waals surface area contributed by atoms with Crippen molar-refractivity contribution in [1.82, 2.24) is 4.90 Å². The van der Waals surface area contributed by atoms with Crippen LogP contribution in [-0.2, 0) is 16.0 Å². The number of carboxylic acid groups (broad SMARTS) is 1. The fourth-order valence-corrected chi connectivity index (χ4v) is 3.02. The van der Waals surface area contributed by atoms with E-state index in [1.54, 1.807) is 0 Å². The summed E-state index contributed by atoms with van der Waals surface area (Å²) in [7, 11) is 0. The van der Waals surface area contributed by atoms with E-state index in [0.29, 0.717) is 13.0 Å². The van der Waals surface area contributed by atoms with Crippen LogP contribution >= 0.6 is 0 Å². The number of hydrogen-bond acceptors (Lipinski definition) is 3. The summed E-state index contributed by atoms with van der Waals surface area (Å²) in [6, 6.07) is 7.76. The predicted octanol–water partition coefficient (Wildman–Crippen LogP) is 2.73. The first-order chi connectivity index (χ1) is 11.1. The van der Waals surface area contributed by atoms with Crippen LogP contribution in [0.4, 0.5) is 0 Å². The maximum Gasteiger partial charge on any atom is 0.303 e. The molecule has 0 spiro atoms. The van der Waals surface area contributed by atoms with Crippen molar-refractivity contribution in [2.75, 3.05) is 19.7 Å². The number of likely N-dealkylation sites (tertiary alicyclic amines) is 1. The van der Waals surface area contributed by atoms with Crippen molar-refractivity contribution in [3.63, 3.8) is 0 Å². The highest BCUT2D eigenvalue weighted by atomic mass is 16.5. The lowest BCUT2D eigenvalue weighted by molar-refractivity contribution is -0.137. The highest BCUT2D eigenvalue weighted by Gasteiger charge is 2.24. The molecule has 1 N–H and O–H groups in total. The summed E-state index contributed by atoms with van der Waals surface area (Å²) in [5.74, 6) is 0.262. The van der Waals surface area contributed by atoms with Gasteiger partial charge in [-0.2, -0.15) is 0 Å². The van der Waals surface area contributed by atoms with E-state index in [0.717, 1.165) is 37.1 Å².